The molecule has 1 rings (SSSR count). The largest absolute Gasteiger partial charge is 0.386 e. The fraction of sp³-hybridized carbons (Fsp3) is 0.833. The lowest BCUT2D eigenvalue weighted by Crippen LogP contribution is -2.61. The molecule has 1 N–H and O–H groups in total. The maximum Gasteiger partial charge on any atom is 0.283 e. The summed E-state index contributed by atoms with van der Waals surface area (Å²) < 4.78 is 0.0238. The van der Waals surface area contributed by atoms with Gasteiger partial charge in [-0.2, -0.15) is 0 Å². The van der Waals surface area contributed by atoms with Gasteiger partial charge >= 0.3 is 0 Å². The van der Waals surface area contributed by atoms with E-state index >= 15 is 0 Å². The van der Waals surface area contributed by atoms with Crippen LogP contribution >= 0.6 is 22.6 Å². The zero-order chi connectivity index (χ0) is 7.78. The number of halogens is 1. The molecule has 4 heteroatoms. The number of hydrogen-bond donors (Lipinski definition) is 1. The van der Waals surface area contributed by atoms with Crippen LogP contribution in [0, 0.1) is 0 Å². The highest BCUT2D eigenvalue weighted by atomic mass is 127. The van der Waals surface area contributed by atoms with Crippen LogP contribution in [0.1, 0.15) is 13.3 Å². The maximum absolute atomic E-state index is 10.6. The van der Waals surface area contributed by atoms with Gasteiger partial charge in [0, 0.05) is 22.6 Å². The van der Waals surface area contributed by atoms with Gasteiger partial charge in [0.05, 0.1) is 18.7 Å². The Balaban J connectivity index is 2.36. The van der Waals surface area contributed by atoms with E-state index in [9.17, 15) is 9.90 Å². The van der Waals surface area contributed by atoms with E-state index in [0.717, 1.165) is 6.42 Å². The van der Waals surface area contributed by atoms with Crippen LogP contribution in [0.2, 0.25) is 0 Å². The molecule has 0 bridgehead atoms. The van der Waals surface area contributed by atoms with E-state index < -0.39 is 5.60 Å². The van der Waals surface area contributed by atoms with Gasteiger partial charge in [-0.25, -0.2) is 0 Å². The molecule has 0 spiro atoms. The topological polar surface area (TPSA) is 40.5 Å². The van der Waals surface area contributed by atoms with Crippen molar-refractivity contribution in [1.29, 1.82) is 0 Å². The summed E-state index contributed by atoms with van der Waals surface area (Å²) in [7, 11) is 0. The summed E-state index contributed by atoms with van der Waals surface area (Å²) in [6.45, 7) is 2.94. The van der Waals surface area contributed by atoms with Crippen LogP contribution in [0.25, 0.3) is 0 Å². The molecule has 3 nitrogen and oxygen atoms in total. The Bertz CT molecular complexity index is 154. The van der Waals surface area contributed by atoms with E-state index in [1.807, 2.05) is 6.92 Å². The number of carbonyl (C=O) groups is 1. The van der Waals surface area contributed by atoms with E-state index in [2.05, 4.69) is 0 Å². The fourth-order valence-electron chi connectivity index (χ4n) is 1.01. The van der Waals surface area contributed by atoms with Crippen molar-refractivity contribution in [2.24, 2.45) is 0 Å². The first-order valence-corrected chi connectivity index (χ1v) is 4.32. The molecule has 0 unspecified atom stereocenters. The molecule has 0 aliphatic carbocycles. The molecular formula is C6H10INO2. The first kappa shape index (κ1) is 8.26. The molecule has 58 valence electrons. The first-order valence-electron chi connectivity index (χ1n) is 3.24. The number of β-amino-alcohol motifs (C(OH)–C–C–N with tert-alkyl or cyclic N) is 1. The minimum Gasteiger partial charge on any atom is -0.386 e. The number of nitrogens with zero attached hydrogens (tertiary/aromatic N) is 1. The summed E-state index contributed by atoms with van der Waals surface area (Å²) in [6.07, 6.45) is 0.730. The molecule has 0 radical (unpaired) electrons. The second kappa shape index (κ2) is 2.65. The molecule has 0 atom stereocenters. The SMILES string of the molecule is CCC1(O)CN(C(=O)I)C1. The average Bonchev–Trinajstić information content (AvgIpc) is 1.80. The number of hydrogen-bond acceptors (Lipinski definition) is 2. The molecule has 1 aliphatic heterocycles. The summed E-state index contributed by atoms with van der Waals surface area (Å²) in [5.41, 5.74) is -0.583. The van der Waals surface area contributed by atoms with Gasteiger partial charge in [-0.1, -0.05) is 6.92 Å². The van der Waals surface area contributed by atoms with Crippen molar-refractivity contribution < 1.29 is 9.90 Å². The molecular weight excluding hydrogens is 245 g/mol. The van der Waals surface area contributed by atoms with Gasteiger partial charge in [0.15, 0.2) is 0 Å². The van der Waals surface area contributed by atoms with Gasteiger partial charge < -0.3 is 10.0 Å². The summed E-state index contributed by atoms with van der Waals surface area (Å²) in [4.78, 5) is 12.3. The Kier molecular flexibility index (Phi) is 2.19. The Morgan fingerprint density at radius 1 is 1.80 bits per heavy atom. The minimum absolute atomic E-state index is 0.0238. The van der Waals surface area contributed by atoms with Gasteiger partial charge in [0.2, 0.25) is 0 Å². The van der Waals surface area contributed by atoms with Crippen molar-refractivity contribution in [1.82, 2.24) is 4.90 Å². The second-order valence-corrected chi connectivity index (χ2v) is 3.61. The minimum atomic E-state index is -0.583. The molecule has 1 aliphatic rings. The molecule has 1 heterocycles. The average molecular weight is 255 g/mol. The number of rotatable bonds is 1. The molecule has 1 saturated heterocycles. The summed E-state index contributed by atoms with van der Waals surface area (Å²) in [6, 6.07) is 0. The third kappa shape index (κ3) is 1.42. The van der Waals surface area contributed by atoms with Crippen molar-refractivity contribution in [3.05, 3.63) is 0 Å². The smallest absolute Gasteiger partial charge is 0.283 e. The highest BCUT2D eigenvalue weighted by Gasteiger charge is 2.41. The number of amides is 1. The molecule has 0 aromatic heterocycles. The van der Waals surface area contributed by atoms with Crippen LogP contribution in [0.5, 0.6) is 0 Å². The van der Waals surface area contributed by atoms with Gasteiger partial charge in [-0.05, 0) is 6.42 Å². The van der Waals surface area contributed by atoms with E-state index in [4.69, 9.17) is 0 Å². The predicted molar refractivity (Wildman–Crippen MR) is 46.2 cm³/mol. The molecule has 1 amide bonds. The molecule has 10 heavy (non-hydrogen) atoms. The standard InChI is InChI=1S/C6H10INO2/c1-2-6(10)3-8(4-6)5(7)9/h10H,2-4H2,1H3. The van der Waals surface area contributed by atoms with Gasteiger partial charge in [-0.15, -0.1) is 0 Å². The number of carbonyl (C=O) groups excluding carboxylic acids is 1. The third-order valence-electron chi connectivity index (χ3n) is 1.88. The van der Waals surface area contributed by atoms with Crippen LogP contribution in [-0.2, 0) is 0 Å². The predicted octanol–water partition coefficient (Wildman–Crippen LogP) is 0.998. The third-order valence-corrected chi connectivity index (χ3v) is 2.56. The monoisotopic (exact) mass is 255 g/mol. The van der Waals surface area contributed by atoms with Gasteiger partial charge in [0.1, 0.15) is 0 Å². The molecule has 0 saturated carbocycles. The maximum atomic E-state index is 10.6. The Labute approximate surface area is 73.5 Å². The zero-order valence-corrected chi connectivity index (χ0v) is 7.96. The number of likely N-dealkylation sites (tertiary alicyclic amines) is 1. The first-order chi connectivity index (χ1) is 4.57. The fourth-order valence-corrected chi connectivity index (χ4v) is 1.35. The second-order valence-electron chi connectivity index (χ2n) is 2.69. The molecule has 0 aromatic rings. The molecule has 0 aromatic carbocycles. The van der Waals surface area contributed by atoms with E-state index in [1.54, 1.807) is 27.5 Å². The van der Waals surface area contributed by atoms with Crippen molar-refractivity contribution >= 4 is 26.5 Å². The summed E-state index contributed by atoms with van der Waals surface area (Å²) in [5, 5.41) is 9.44. The number of aliphatic hydroxyl groups is 1. The quantitative estimate of drug-likeness (QED) is 0.431. The van der Waals surface area contributed by atoms with E-state index in [-0.39, 0.29) is 3.91 Å². The Morgan fingerprint density at radius 3 is 2.60 bits per heavy atom. The van der Waals surface area contributed by atoms with Crippen LogP contribution in [0.4, 0.5) is 4.79 Å². The molecule has 1 fully saturated rings. The van der Waals surface area contributed by atoms with E-state index in [1.165, 1.54) is 0 Å². The highest BCUT2D eigenvalue weighted by Crippen LogP contribution is 2.25. The van der Waals surface area contributed by atoms with Crippen molar-refractivity contribution in [2.75, 3.05) is 13.1 Å². The van der Waals surface area contributed by atoms with Crippen LogP contribution in [0.15, 0.2) is 0 Å². The van der Waals surface area contributed by atoms with Crippen LogP contribution < -0.4 is 0 Å². The van der Waals surface area contributed by atoms with E-state index in [0.29, 0.717) is 13.1 Å². The van der Waals surface area contributed by atoms with Crippen LogP contribution in [-0.4, -0.2) is 32.6 Å². The highest BCUT2D eigenvalue weighted by molar-refractivity contribution is 14.1. The lowest BCUT2D eigenvalue weighted by molar-refractivity contribution is -0.0726. The van der Waals surface area contributed by atoms with Crippen molar-refractivity contribution in [3.63, 3.8) is 0 Å². The lowest BCUT2D eigenvalue weighted by atomic mass is 9.92. The zero-order valence-electron chi connectivity index (χ0n) is 5.80. The Morgan fingerprint density at radius 2 is 2.30 bits per heavy atom. The Hall–Kier alpha value is 0.160. The summed E-state index contributed by atoms with van der Waals surface area (Å²) in [5.74, 6) is 0. The van der Waals surface area contributed by atoms with Gasteiger partial charge in [0.25, 0.3) is 3.91 Å². The summed E-state index contributed by atoms with van der Waals surface area (Å²) >= 11 is 1.73. The lowest BCUT2D eigenvalue weighted by Gasteiger charge is -2.45. The van der Waals surface area contributed by atoms with Crippen LogP contribution in [0.3, 0.4) is 0 Å². The van der Waals surface area contributed by atoms with Crippen molar-refractivity contribution in [2.45, 2.75) is 18.9 Å². The van der Waals surface area contributed by atoms with Gasteiger partial charge in [-0.3, -0.25) is 4.79 Å². The normalized spacial score (nSPS) is 22.1. The van der Waals surface area contributed by atoms with Crippen molar-refractivity contribution in [3.8, 4) is 0 Å².